The molecule has 0 aromatic heterocycles. The van der Waals surface area contributed by atoms with E-state index in [-0.39, 0.29) is 18.6 Å². The summed E-state index contributed by atoms with van der Waals surface area (Å²) < 4.78 is 5.44. The van der Waals surface area contributed by atoms with Gasteiger partial charge in [0.15, 0.2) is 0 Å². The molecular formula is C29H31N3O4. The maximum atomic E-state index is 14.2. The Hall–Kier alpha value is -3.70. The van der Waals surface area contributed by atoms with Gasteiger partial charge >= 0.3 is 6.09 Å². The van der Waals surface area contributed by atoms with Gasteiger partial charge in [0, 0.05) is 17.5 Å². The van der Waals surface area contributed by atoms with Crippen molar-refractivity contribution in [2.24, 2.45) is 10.9 Å². The van der Waals surface area contributed by atoms with E-state index in [9.17, 15) is 14.4 Å². The SMILES string of the molecule is Cc1cccc2c1N(C1CC1)C(=O)C(C=C=O)(NC(=O)OCc1ccccc1)N=C2C1CCCCC1. The third-order valence-corrected chi connectivity index (χ3v) is 7.27. The first-order valence-electron chi connectivity index (χ1n) is 12.8. The zero-order valence-electron chi connectivity index (χ0n) is 20.5. The van der Waals surface area contributed by atoms with Crippen LogP contribution in [-0.4, -0.2) is 35.4 Å². The molecule has 0 bridgehead atoms. The van der Waals surface area contributed by atoms with Gasteiger partial charge in [-0.05, 0) is 43.7 Å². The zero-order chi connectivity index (χ0) is 25.1. The van der Waals surface area contributed by atoms with Crippen LogP contribution in [0.5, 0.6) is 0 Å². The second kappa shape index (κ2) is 10.1. The number of carbonyl (C=O) groups excluding carboxylic acids is 3. The lowest BCUT2D eigenvalue weighted by atomic mass is 9.82. The number of benzodiazepines with no additional fused rings is 1. The van der Waals surface area contributed by atoms with Gasteiger partial charge in [0.25, 0.3) is 5.91 Å². The lowest BCUT2D eigenvalue weighted by Gasteiger charge is -2.31. The van der Waals surface area contributed by atoms with Crippen LogP contribution in [0.1, 0.15) is 61.6 Å². The third-order valence-electron chi connectivity index (χ3n) is 7.27. The van der Waals surface area contributed by atoms with Crippen molar-refractivity contribution in [2.45, 2.75) is 70.2 Å². The fourth-order valence-corrected chi connectivity index (χ4v) is 5.35. The smallest absolute Gasteiger partial charge is 0.410 e. The Morgan fingerprint density at radius 1 is 1.11 bits per heavy atom. The molecule has 1 aliphatic heterocycles. The Morgan fingerprint density at radius 3 is 2.56 bits per heavy atom. The van der Waals surface area contributed by atoms with Crippen molar-refractivity contribution in [3.8, 4) is 0 Å². The van der Waals surface area contributed by atoms with Gasteiger partial charge in [-0.3, -0.25) is 10.1 Å². The quantitative estimate of drug-likeness (QED) is 0.591. The Kier molecular flexibility index (Phi) is 6.75. The van der Waals surface area contributed by atoms with Crippen LogP contribution in [0.4, 0.5) is 10.5 Å². The number of anilines is 1. The van der Waals surface area contributed by atoms with Crippen LogP contribution in [-0.2, 0) is 20.9 Å². The van der Waals surface area contributed by atoms with E-state index in [4.69, 9.17) is 9.73 Å². The molecule has 0 saturated heterocycles. The number of nitrogens with one attached hydrogen (secondary N) is 1. The summed E-state index contributed by atoms with van der Waals surface area (Å²) in [6, 6.07) is 15.3. The van der Waals surface area contributed by atoms with Gasteiger partial charge < -0.3 is 9.64 Å². The number of hydrogen-bond donors (Lipinski definition) is 1. The minimum atomic E-state index is -1.92. The van der Waals surface area contributed by atoms with Gasteiger partial charge in [-0.25, -0.2) is 14.6 Å². The predicted molar refractivity (Wildman–Crippen MR) is 138 cm³/mol. The second-order valence-corrected chi connectivity index (χ2v) is 9.92. The molecule has 2 fully saturated rings. The number of benzene rings is 2. The number of carbonyl (C=O) groups is 2. The molecule has 1 N–H and O–H groups in total. The van der Waals surface area contributed by atoms with E-state index in [2.05, 4.69) is 5.32 Å². The highest BCUT2D eigenvalue weighted by Gasteiger charge is 2.50. The Labute approximate surface area is 211 Å². The predicted octanol–water partition coefficient (Wildman–Crippen LogP) is 4.88. The zero-order valence-corrected chi connectivity index (χ0v) is 20.5. The molecule has 1 atom stereocenters. The minimum Gasteiger partial charge on any atom is -0.445 e. The summed E-state index contributed by atoms with van der Waals surface area (Å²) >= 11 is 0. The molecule has 3 aliphatic rings. The number of alkyl carbamates (subject to hydrolysis) is 1. The standard InChI is InChI=1S/C29H31N3O4/c1-20-9-8-14-24-25(22-12-6-3-7-13-22)30-29(17-18-33,27(34)32(26(20)24)23-15-16-23)31-28(35)36-19-21-10-4-2-5-11-21/h2,4-5,8-11,14,17,22-23H,3,6-7,12-13,15-16,19H2,1H3,(H,31,35). The summed E-state index contributed by atoms with van der Waals surface area (Å²) in [6.45, 7) is 2.02. The fraction of sp³-hybridized carbons (Fsp3) is 0.414. The second-order valence-electron chi connectivity index (χ2n) is 9.92. The summed E-state index contributed by atoms with van der Waals surface area (Å²) in [7, 11) is 0. The van der Waals surface area contributed by atoms with Crippen molar-refractivity contribution >= 4 is 29.3 Å². The van der Waals surface area contributed by atoms with Crippen molar-refractivity contribution < 1.29 is 19.1 Å². The monoisotopic (exact) mass is 485 g/mol. The number of ether oxygens (including phenoxy) is 1. The molecule has 2 aromatic rings. The first-order valence-corrected chi connectivity index (χ1v) is 12.8. The highest BCUT2D eigenvalue weighted by molar-refractivity contribution is 6.17. The molecule has 2 amide bonds. The fourth-order valence-electron chi connectivity index (χ4n) is 5.35. The maximum Gasteiger partial charge on any atom is 0.410 e. The van der Waals surface area contributed by atoms with E-state index in [1.165, 1.54) is 6.42 Å². The topological polar surface area (TPSA) is 88.1 Å². The van der Waals surface area contributed by atoms with E-state index in [1.807, 2.05) is 55.5 Å². The minimum absolute atomic E-state index is 0.000165. The Balaban J connectivity index is 1.58. The summed E-state index contributed by atoms with van der Waals surface area (Å²) in [5, 5.41) is 2.67. The van der Waals surface area contributed by atoms with Crippen LogP contribution in [0.15, 0.2) is 59.6 Å². The average molecular weight is 486 g/mol. The van der Waals surface area contributed by atoms with Crippen molar-refractivity contribution in [2.75, 3.05) is 4.90 Å². The Morgan fingerprint density at radius 2 is 1.86 bits per heavy atom. The molecule has 5 rings (SSSR count). The molecule has 2 aromatic carbocycles. The summed E-state index contributed by atoms with van der Waals surface area (Å²) in [5.74, 6) is 1.44. The van der Waals surface area contributed by atoms with E-state index in [1.54, 1.807) is 10.8 Å². The molecule has 1 unspecified atom stereocenters. The van der Waals surface area contributed by atoms with Crippen LogP contribution in [0.3, 0.4) is 0 Å². The molecule has 7 nitrogen and oxygen atoms in total. The molecule has 36 heavy (non-hydrogen) atoms. The number of para-hydroxylation sites is 1. The molecule has 0 spiro atoms. The number of aryl methyl sites for hydroxylation is 1. The highest BCUT2D eigenvalue weighted by Crippen LogP contribution is 2.42. The number of nitrogens with zero attached hydrogens (tertiary/aromatic N) is 2. The number of rotatable bonds is 6. The number of fused-ring (bicyclic) bond motifs is 1. The summed E-state index contributed by atoms with van der Waals surface area (Å²) in [6.07, 6.45) is 7.16. The maximum absolute atomic E-state index is 14.2. The van der Waals surface area contributed by atoms with Gasteiger partial charge in [0.05, 0.1) is 17.5 Å². The number of aliphatic imine (C=N–C) groups is 1. The lowest BCUT2D eigenvalue weighted by molar-refractivity contribution is -0.123. The molecule has 186 valence electrons. The Bertz CT molecular complexity index is 1220. The highest BCUT2D eigenvalue weighted by atomic mass is 16.5. The first kappa shape index (κ1) is 24.0. The van der Waals surface area contributed by atoms with Gasteiger partial charge in [0.2, 0.25) is 5.66 Å². The summed E-state index contributed by atoms with van der Waals surface area (Å²) in [4.78, 5) is 45.7. The van der Waals surface area contributed by atoms with E-state index in [0.717, 1.165) is 72.7 Å². The van der Waals surface area contributed by atoms with Crippen molar-refractivity contribution in [1.29, 1.82) is 0 Å². The molecule has 2 aliphatic carbocycles. The van der Waals surface area contributed by atoms with E-state index < -0.39 is 17.7 Å². The first-order chi connectivity index (χ1) is 17.5. The van der Waals surface area contributed by atoms with Gasteiger partial charge in [0.1, 0.15) is 12.5 Å². The number of hydrogen-bond acceptors (Lipinski definition) is 5. The normalized spacial score (nSPS) is 22.1. The number of amides is 2. The molecular weight excluding hydrogens is 454 g/mol. The van der Waals surface area contributed by atoms with Crippen LogP contribution in [0, 0.1) is 12.8 Å². The average Bonchev–Trinajstić information content (AvgIpc) is 3.74. The van der Waals surface area contributed by atoms with Crippen molar-refractivity contribution in [3.63, 3.8) is 0 Å². The van der Waals surface area contributed by atoms with Crippen molar-refractivity contribution in [3.05, 3.63) is 71.3 Å². The lowest BCUT2D eigenvalue weighted by Crippen LogP contribution is -2.58. The molecule has 2 saturated carbocycles. The van der Waals surface area contributed by atoms with Gasteiger partial charge in [-0.1, -0.05) is 67.8 Å². The van der Waals surface area contributed by atoms with Crippen LogP contribution >= 0.6 is 0 Å². The van der Waals surface area contributed by atoms with Gasteiger partial charge in [-0.15, -0.1) is 0 Å². The molecule has 0 radical (unpaired) electrons. The van der Waals surface area contributed by atoms with Crippen LogP contribution < -0.4 is 10.2 Å². The van der Waals surface area contributed by atoms with Gasteiger partial charge in [-0.2, -0.15) is 0 Å². The van der Waals surface area contributed by atoms with E-state index in [0.29, 0.717) is 0 Å². The van der Waals surface area contributed by atoms with Crippen LogP contribution in [0.25, 0.3) is 0 Å². The molecule has 7 heteroatoms. The molecule has 1 heterocycles. The van der Waals surface area contributed by atoms with Crippen LogP contribution in [0.2, 0.25) is 0 Å². The third kappa shape index (κ3) is 4.71. The van der Waals surface area contributed by atoms with E-state index >= 15 is 0 Å². The van der Waals surface area contributed by atoms with Crippen molar-refractivity contribution in [1.82, 2.24) is 5.32 Å². The largest absolute Gasteiger partial charge is 0.445 e. The summed E-state index contributed by atoms with van der Waals surface area (Å²) in [5.41, 5.74) is 2.36.